The van der Waals surface area contributed by atoms with Crippen molar-refractivity contribution in [1.29, 1.82) is 0 Å². The first-order valence-electron chi connectivity index (χ1n) is 20.7. The zero-order chi connectivity index (χ0) is 40.0. The van der Waals surface area contributed by atoms with E-state index in [0.29, 0.717) is 0 Å². The normalized spacial score (nSPS) is 13.0. The largest absolute Gasteiger partial charge is 0.456 e. The van der Waals surface area contributed by atoms with E-state index in [1.807, 2.05) is 12.1 Å². The molecule has 0 aliphatic heterocycles. The van der Waals surface area contributed by atoms with Crippen molar-refractivity contribution >= 4 is 60.9 Å². The molecule has 0 radical (unpaired) electrons. The third kappa shape index (κ3) is 5.29. The molecule has 0 unspecified atom stereocenters. The lowest BCUT2D eigenvalue weighted by Gasteiger charge is -2.28. The molecule has 0 atom stereocenters. The standard InChI is InChI=1S/C57H39NO2/c1-57(2)49-22-11-9-20-44(49)45-30-28-43(34-50(45)57)58(41-19-13-18-40(32-41)37-16-7-4-8-17-37)42-29-31-52-47(33-42)48-35-53-55(46-21-10-12-23-51(46)59-53)54(56(48)60-52)39-26-24-38(25-27-39)36-14-5-3-6-15-36/h3-35H,1-2H3. The summed E-state index contributed by atoms with van der Waals surface area (Å²) in [5, 5.41) is 4.18. The van der Waals surface area contributed by atoms with Gasteiger partial charge in [-0.1, -0.05) is 159 Å². The van der Waals surface area contributed by atoms with Crippen LogP contribution in [-0.4, -0.2) is 0 Å². The first kappa shape index (κ1) is 34.4. The van der Waals surface area contributed by atoms with Crippen molar-refractivity contribution in [2.45, 2.75) is 19.3 Å². The van der Waals surface area contributed by atoms with Crippen LogP contribution in [0.3, 0.4) is 0 Å². The van der Waals surface area contributed by atoms with Crippen molar-refractivity contribution in [3.63, 3.8) is 0 Å². The van der Waals surface area contributed by atoms with Gasteiger partial charge in [0.25, 0.3) is 0 Å². The summed E-state index contributed by atoms with van der Waals surface area (Å²) in [6.45, 7) is 4.69. The van der Waals surface area contributed by atoms with Gasteiger partial charge in [0, 0.05) is 49.6 Å². The maximum atomic E-state index is 6.97. The first-order valence-corrected chi connectivity index (χ1v) is 20.7. The van der Waals surface area contributed by atoms with Crippen LogP contribution in [0.1, 0.15) is 25.0 Å². The molecule has 3 heteroatoms. The van der Waals surface area contributed by atoms with Crippen molar-refractivity contribution in [2.24, 2.45) is 0 Å². The third-order valence-electron chi connectivity index (χ3n) is 12.7. The number of benzene rings is 9. The average Bonchev–Trinajstić information content (AvgIpc) is 3.93. The molecule has 0 N–H and O–H groups in total. The second kappa shape index (κ2) is 13.2. The third-order valence-corrected chi connectivity index (χ3v) is 12.7. The number of furan rings is 2. The van der Waals surface area contributed by atoms with E-state index in [4.69, 9.17) is 8.83 Å². The number of anilines is 3. The molecule has 2 aromatic heterocycles. The summed E-state index contributed by atoms with van der Waals surface area (Å²) in [5.74, 6) is 0. The van der Waals surface area contributed by atoms with Gasteiger partial charge in [0.05, 0.1) is 0 Å². The minimum Gasteiger partial charge on any atom is -0.456 e. The Kier molecular flexibility index (Phi) is 7.58. The van der Waals surface area contributed by atoms with Crippen LogP contribution in [0.15, 0.2) is 209 Å². The van der Waals surface area contributed by atoms with Crippen LogP contribution in [0.2, 0.25) is 0 Å². The second-order valence-electron chi connectivity index (χ2n) is 16.5. The minimum absolute atomic E-state index is 0.141. The Hall–Kier alpha value is -7.62. The molecule has 11 aromatic rings. The predicted molar refractivity (Wildman–Crippen MR) is 250 cm³/mol. The SMILES string of the molecule is CC1(C)c2ccccc2-c2ccc(N(c3cccc(-c4ccccc4)c3)c3ccc4oc5c(-c6ccc(-c7ccccc7)cc6)c6c(cc5c4c3)oc3ccccc36)cc21. The summed E-state index contributed by atoms with van der Waals surface area (Å²) < 4.78 is 13.6. The summed E-state index contributed by atoms with van der Waals surface area (Å²) in [5.41, 5.74) is 18.6. The van der Waals surface area contributed by atoms with E-state index in [2.05, 4.69) is 207 Å². The molecule has 0 saturated heterocycles. The van der Waals surface area contributed by atoms with E-state index < -0.39 is 0 Å². The highest BCUT2D eigenvalue weighted by Crippen LogP contribution is 2.51. The Morgan fingerprint density at radius 3 is 1.78 bits per heavy atom. The van der Waals surface area contributed by atoms with Gasteiger partial charge >= 0.3 is 0 Å². The molecule has 0 fully saturated rings. The zero-order valence-corrected chi connectivity index (χ0v) is 33.3. The molecule has 60 heavy (non-hydrogen) atoms. The fraction of sp³-hybridized carbons (Fsp3) is 0.0526. The Bertz CT molecular complexity index is 3450. The lowest BCUT2D eigenvalue weighted by molar-refractivity contribution is 0.660. The van der Waals surface area contributed by atoms with Gasteiger partial charge in [-0.05, 0) is 105 Å². The molecule has 1 aliphatic carbocycles. The van der Waals surface area contributed by atoms with Gasteiger partial charge in [-0.2, -0.15) is 0 Å². The minimum atomic E-state index is -0.141. The van der Waals surface area contributed by atoms with Crippen molar-refractivity contribution in [3.05, 3.63) is 211 Å². The Labute approximate surface area is 348 Å². The van der Waals surface area contributed by atoms with E-state index in [1.165, 1.54) is 38.9 Å². The van der Waals surface area contributed by atoms with Crippen LogP contribution in [-0.2, 0) is 5.41 Å². The van der Waals surface area contributed by atoms with Gasteiger partial charge in [-0.3, -0.25) is 0 Å². The van der Waals surface area contributed by atoms with Crippen LogP contribution >= 0.6 is 0 Å². The fourth-order valence-corrected chi connectivity index (χ4v) is 9.71. The molecule has 284 valence electrons. The quantitative estimate of drug-likeness (QED) is 0.169. The average molecular weight is 770 g/mol. The van der Waals surface area contributed by atoms with Gasteiger partial charge < -0.3 is 13.7 Å². The van der Waals surface area contributed by atoms with Crippen LogP contribution in [0.4, 0.5) is 17.1 Å². The van der Waals surface area contributed by atoms with Crippen LogP contribution in [0.25, 0.3) is 88.4 Å². The Morgan fingerprint density at radius 2 is 0.967 bits per heavy atom. The van der Waals surface area contributed by atoms with Crippen molar-refractivity contribution in [1.82, 2.24) is 0 Å². The van der Waals surface area contributed by atoms with Crippen molar-refractivity contribution < 1.29 is 8.83 Å². The van der Waals surface area contributed by atoms with E-state index in [9.17, 15) is 0 Å². The molecule has 1 aliphatic rings. The van der Waals surface area contributed by atoms with Crippen LogP contribution in [0.5, 0.6) is 0 Å². The maximum Gasteiger partial charge on any atom is 0.144 e. The maximum absolute atomic E-state index is 6.97. The lowest BCUT2D eigenvalue weighted by Crippen LogP contribution is -2.16. The molecule has 0 spiro atoms. The highest BCUT2D eigenvalue weighted by Gasteiger charge is 2.36. The summed E-state index contributed by atoms with van der Waals surface area (Å²) in [7, 11) is 0. The van der Waals surface area contributed by atoms with Crippen molar-refractivity contribution in [3.8, 4) is 44.5 Å². The number of hydrogen-bond acceptors (Lipinski definition) is 3. The van der Waals surface area contributed by atoms with Crippen LogP contribution < -0.4 is 4.90 Å². The van der Waals surface area contributed by atoms with E-state index in [-0.39, 0.29) is 5.41 Å². The van der Waals surface area contributed by atoms with Gasteiger partial charge in [-0.15, -0.1) is 0 Å². The summed E-state index contributed by atoms with van der Waals surface area (Å²) in [4.78, 5) is 2.40. The van der Waals surface area contributed by atoms with Gasteiger partial charge in [-0.25, -0.2) is 0 Å². The van der Waals surface area contributed by atoms with Crippen LogP contribution in [0, 0.1) is 0 Å². The number of fused-ring (bicyclic) bond motifs is 9. The number of hydrogen-bond donors (Lipinski definition) is 0. The first-order chi connectivity index (χ1) is 29.5. The van der Waals surface area contributed by atoms with E-state index >= 15 is 0 Å². The van der Waals surface area contributed by atoms with E-state index in [1.54, 1.807) is 0 Å². The number of nitrogens with zero attached hydrogens (tertiary/aromatic N) is 1. The number of para-hydroxylation sites is 1. The molecule has 12 rings (SSSR count). The Balaban J connectivity index is 1.08. The Morgan fingerprint density at radius 1 is 0.367 bits per heavy atom. The zero-order valence-electron chi connectivity index (χ0n) is 33.3. The van der Waals surface area contributed by atoms with Gasteiger partial charge in [0.15, 0.2) is 0 Å². The highest BCUT2D eigenvalue weighted by molar-refractivity contribution is 6.23. The monoisotopic (exact) mass is 769 g/mol. The number of rotatable bonds is 6. The molecule has 9 aromatic carbocycles. The summed E-state index contributed by atoms with van der Waals surface area (Å²) in [6.07, 6.45) is 0. The second-order valence-corrected chi connectivity index (χ2v) is 16.5. The molecular formula is C57H39NO2. The summed E-state index contributed by atoms with van der Waals surface area (Å²) >= 11 is 0. The summed E-state index contributed by atoms with van der Waals surface area (Å²) in [6, 6.07) is 71.8. The fourth-order valence-electron chi connectivity index (χ4n) is 9.71. The topological polar surface area (TPSA) is 29.5 Å². The molecule has 0 saturated carbocycles. The molecular weight excluding hydrogens is 731 g/mol. The van der Waals surface area contributed by atoms with Gasteiger partial charge in [0.1, 0.15) is 22.3 Å². The van der Waals surface area contributed by atoms with Gasteiger partial charge in [0.2, 0.25) is 0 Å². The molecule has 0 bridgehead atoms. The predicted octanol–water partition coefficient (Wildman–Crippen LogP) is 16.3. The van der Waals surface area contributed by atoms with Crippen molar-refractivity contribution in [2.75, 3.05) is 4.90 Å². The molecule has 0 amide bonds. The molecule has 2 heterocycles. The lowest BCUT2D eigenvalue weighted by atomic mass is 9.82. The smallest absolute Gasteiger partial charge is 0.144 e. The highest BCUT2D eigenvalue weighted by atomic mass is 16.3. The molecule has 3 nitrogen and oxygen atoms in total. The van der Waals surface area contributed by atoms with E-state index in [0.717, 1.165) is 77.6 Å².